The van der Waals surface area contributed by atoms with Crippen LogP contribution in [-0.2, 0) is 4.79 Å². The van der Waals surface area contributed by atoms with Gasteiger partial charge in [-0.3, -0.25) is 4.79 Å². The summed E-state index contributed by atoms with van der Waals surface area (Å²) in [6.45, 7) is 2.79. The van der Waals surface area contributed by atoms with E-state index >= 15 is 0 Å². The van der Waals surface area contributed by atoms with Crippen molar-refractivity contribution in [3.8, 4) is 17.6 Å². The number of nitrogens with zero attached hydrogens (tertiary/aromatic N) is 3. The average molecular weight is 313 g/mol. The zero-order valence-corrected chi connectivity index (χ0v) is 12.7. The van der Waals surface area contributed by atoms with Gasteiger partial charge in [0.1, 0.15) is 5.75 Å². The van der Waals surface area contributed by atoms with Crippen molar-refractivity contribution in [3.63, 3.8) is 0 Å². The van der Waals surface area contributed by atoms with Crippen molar-refractivity contribution in [1.82, 2.24) is 9.88 Å². The van der Waals surface area contributed by atoms with Crippen molar-refractivity contribution in [2.75, 3.05) is 31.1 Å². The number of rotatable bonds is 1. The standard InChI is InChI=1S/C16H15N3O2S/c20-14-4-2-1-3-13(14)5-6-15(21)18-8-10-19(11-9-18)16-17-7-12-22-16/h1-4,7,12,20H,8-11H2. The number of phenolic OH excluding ortho intramolecular Hbond substituents is 1. The van der Waals surface area contributed by atoms with Crippen LogP contribution in [0.25, 0.3) is 0 Å². The molecule has 1 N–H and O–H groups in total. The molecule has 0 saturated carbocycles. The van der Waals surface area contributed by atoms with Gasteiger partial charge < -0.3 is 14.9 Å². The lowest BCUT2D eigenvalue weighted by Crippen LogP contribution is -2.48. The Kier molecular flexibility index (Phi) is 4.26. The summed E-state index contributed by atoms with van der Waals surface area (Å²) in [6, 6.07) is 6.75. The van der Waals surface area contributed by atoms with Crippen LogP contribution in [0.15, 0.2) is 35.8 Å². The number of carbonyl (C=O) groups excluding carboxylic acids is 1. The topological polar surface area (TPSA) is 56.7 Å². The number of aromatic hydroxyl groups is 1. The maximum Gasteiger partial charge on any atom is 0.298 e. The Bertz CT molecular complexity index is 710. The lowest BCUT2D eigenvalue weighted by atomic mass is 10.2. The molecule has 0 bridgehead atoms. The summed E-state index contributed by atoms with van der Waals surface area (Å²) in [7, 11) is 0. The van der Waals surface area contributed by atoms with Crippen LogP contribution in [0.1, 0.15) is 5.56 Å². The fourth-order valence-electron chi connectivity index (χ4n) is 2.25. The molecule has 1 aromatic heterocycles. The average Bonchev–Trinajstić information content (AvgIpc) is 3.08. The molecular formula is C16H15N3O2S. The zero-order valence-electron chi connectivity index (χ0n) is 11.9. The molecular weight excluding hydrogens is 298 g/mol. The third-order valence-electron chi connectivity index (χ3n) is 3.46. The number of aromatic nitrogens is 1. The molecule has 3 rings (SSSR count). The second-order valence-corrected chi connectivity index (χ2v) is 5.73. The van der Waals surface area contributed by atoms with Crippen LogP contribution in [0, 0.1) is 11.8 Å². The summed E-state index contributed by atoms with van der Waals surface area (Å²) < 4.78 is 0. The van der Waals surface area contributed by atoms with Gasteiger partial charge in [0.05, 0.1) is 5.56 Å². The highest BCUT2D eigenvalue weighted by Crippen LogP contribution is 2.19. The smallest absolute Gasteiger partial charge is 0.298 e. The summed E-state index contributed by atoms with van der Waals surface area (Å²) in [5.41, 5.74) is 0.470. The third kappa shape index (κ3) is 3.21. The molecule has 22 heavy (non-hydrogen) atoms. The molecule has 112 valence electrons. The van der Waals surface area contributed by atoms with Gasteiger partial charge in [-0.1, -0.05) is 18.1 Å². The Morgan fingerprint density at radius 3 is 2.68 bits per heavy atom. The van der Waals surface area contributed by atoms with Gasteiger partial charge in [-0.25, -0.2) is 4.98 Å². The highest BCUT2D eigenvalue weighted by molar-refractivity contribution is 7.13. The number of amides is 1. The lowest BCUT2D eigenvalue weighted by molar-refractivity contribution is -0.125. The van der Waals surface area contributed by atoms with Crippen LogP contribution < -0.4 is 4.90 Å². The minimum absolute atomic E-state index is 0.0939. The zero-order chi connectivity index (χ0) is 15.4. The maximum atomic E-state index is 12.1. The fraction of sp³-hybridized carbons (Fsp3) is 0.250. The van der Waals surface area contributed by atoms with Crippen molar-refractivity contribution in [1.29, 1.82) is 0 Å². The Morgan fingerprint density at radius 2 is 2.00 bits per heavy atom. The maximum absolute atomic E-state index is 12.1. The van der Waals surface area contributed by atoms with Crippen LogP contribution in [0.4, 0.5) is 5.13 Å². The first kappa shape index (κ1) is 14.4. The molecule has 0 aliphatic carbocycles. The molecule has 0 atom stereocenters. The normalized spacial score (nSPS) is 14.4. The third-order valence-corrected chi connectivity index (χ3v) is 4.30. The van der Waals surface area contributed by atoms with Crippen LogP contribution in [0.3, 0.4) is 0 Å². The molecule has 2 heterocycles. The molecule has 6 heteroatoms. The molecule has 1 saturated heterocycles. The second kappa shape index (κ2) is 6.50. The van der Waals surface area contributed by atoms with Gasteiger partial charge in [-0.15, -0.1) is 11.3 Å². The van der Waals surface area contributed by atoms with E-state index in [0.29, 0.717) is 18.7 Å². The molecule has 1 amide bonds. The number of hydrogen-bond donors (Lipinski definition) is 1. The van der Waals surface area contributed by atoms with Crippen molar-refractivity contribution < 1.29 is 9.90 Å². The van der Waals surface area contributed by atoms with Crippen LogP contribution in [0.2, 0.25) is 0 Å². The number of hydrogen-bond acceptors (Lipinski definition) is 5. The summed E-state index contributed by atoms with van der Waals surface area (Å²) in [4.78, 5) is 20.3. The van der Waals surface area contributed by atoms with Crippen LogP contribution in [0.5, 0.6) is 5.75 Å². The second-order valence-electron chi connectivity index (χ2n) is 4.86. The van der Waals surface area contributed by atoms with Crippen LogP contribution >= 0.6 is 11.3 Å². The Hall–Kier alpha value is -2.52. The first-order chi connectivity index (χ1) is 10.7. The first-order valence-electron chi connectivity index (χ1n) is 6.97. The first-order valence-corrected chi connectivity index (χ1v) is 7.85. The Labute approximate surface area is 132 Å². The molecule has 0 unspecified atom stereocenters. The number of carbonyl (C=O) groups is 1. The van der Waals surface area contributed by atoms with Crippen LogP contribution in [-0.4, -0.2) is 47.1 Å². The number of phenols is 1. The van der Waals surface area contributed by atoms with Crippen molar-refractivity contribution in [2.45, 2.75) is 0 Å². The Morgan fingerprint density at radius 1 is 1.23 bits per heavy atom. The number of anilines is 1. The molecule has 1 fully saturated rings. The molecule has 5 nitrogen and oxygen atoms in total. The number of para-hydroxylation sites is 1. The number of piperazine rings is 1. The molecule has 2 aromatic rings. The highest BCUT2D eigenvalue weighted by atomic mass is 32.1. The van der Waals surface area contributed by atoms with Gasteiger partial charge >= 0.3 is 0 Å². The van der Waals surface area contributed by atoms with Crippen molar-refractivity contribution >= 4 is 22.4 Å². The van der Waals surface area contributed by atoms with E-state index in [-0.39, 0.29) is 11.7 Å². The van der Waals surface area contributed by atoms with E-state index in [1.165, 1.54) is 0 Å². The van der Waals surface area contributed by atoms with Gasteiger partial charge in [-0.05, 0) is 12.1 Å². The molecule has 0 radical (unpaired) electrons. The quantitative estimate of drug-likeness (QED) is 0.812. The molecule has 1 aliphatic rings. The van der Waals surface area contributed by atoms with E-state index in [2.05, 4.69) is 21.7 Å². The molecule has 1 aliphatic heterocycles. The lowest BCUT2D eigenvalue weighted by Gasteiger charge is -2.33. The fourth-order valence-corrected chi connectivity index (χ4v) is 2.95. The summed E-state index contributed by atoms with van der Waals surface area (Å²) in [5, 5.41) is 12.6. The summed E-state index contributed by atoms with van der Waals surface area (Å²) >= 11 is 1.60. The van der Waals surface area contributed by atoms with E-state index in [1.54, 1.807) is 46.7 Å². The predicted molar refractivity (Wildman–Crippen MR) is 85.9 cm³/mol. The molecule has 1 aromatic carbocycles. The SMILES string of the molecule is O=C(C#Cc1ccccc1O)N1CCN(c2nccs2)CC1. The van der Waals surface area contributed by atoms with Gasteiger partial charge in [0.15, 0.2) is 5.13 Å². The van der Waals surface area contributed by atoms with E-state index < -0.39 is 0 Å². The van der Waals surface area contributed by atoms with Gasteiger partial charge in [-0.2, -0.15) is 0 Å². The van der Waals surface area contributed by atoms with E-state index in [4.69, 9.17) is 0 Å². The van der Waals surface area contributed by atoms with Crippen molar-refractivity contribution in [2.24, 2.45) is 0 Å². The predicted octanol–water partition coefficient (Wildman–Crippen LogP) is 1.55. The van der Waals surface area contributed by atoms with Gasteiger partial charge in [0, 0.05) is 43.7 Å². The monoisotopic (exact) mass is 313 g/mol. The summed E-state index contributed by atoms with van der Waals surface area (Å²) in [5.74, 6) is 5.23. The highest BCUT2D eigenvalue weighted by Gasteiger charge is 2.21. The number of benzene rings is 1. The van der Waals surface area contributed by atoms with E-state index in [0.717, 1.165) is 18.2 Å². The summed E-state index contributed by atoms with van der Waals surface area (Å²) in [6.07, 6.45) is 1.79. The van der Waals surface area contributed by atoms with Crippen molar-refractivity contribution in [3.05, 3.63) is 41.4 Å². The minimum atomic E-state index is -0.206. The minimum Gasteiger partial charge on any atom is -0.507 e. The molecule has 0 spiro atoms. The van der Waals surface area contributed by atoms with Gasteiger partial charge in [0.2, 0.25) is 0 Å². The van der Waals surface area contributed by atoms with Gasteiger partial charge in [0.25, 0.3) is 5.91 Å². The van der Waals surface area contributed by atoms with E-state index in [1.807, 2.05) is 5.38 Å². The number of thiazole rings is 1. The largest absolute Gasteiger partial charge is 0.507 e. The van der Waals surface area contributed by atoms with E-state index in [9.17, 15) is 9.90 Å². The Balaban J connectivity index is 1.60.